The molecule has 1 aromatic rings. The maximum atomic E-state index is 3.54. The van der Waals surface area contributed by atoms with Gasteiger partial charge in [-0.15, -0.1) is 0 Å². The van der Waals surface area contributed by atoms with Crippen LogP contribution in [0.3, 0.4) is 0 Å². The van der Waals surface area contributed by atoms with E-state index in [1.54, 1.807) is 0 Å². The number of nitrogens with one attached hydrogen (secondary N) is 1. The topological polar surface area (TPSA) is 15.3 Å². The molecule has 1 aliphatic rings. The van der Waals surface area contributed by atoms with E-state index < -0.39 is 0 Å². The van der Waals surface area contributed by atoms with Gasteiger partial charge in [-0.25, -0.2) is 0 Å². The van der Waals surface area contributed by atoms with Crippen molar-refractivity contribution < 1.29 is 0 Å². The van der Waals surface area contributed by atoms with Crippen molar-refractivity contribution >= 4 is 5.69 Å². The lowest BCUT2D eigenvalue weighted by Gasteiger charge is -2.29. The van der Waals surface area contributed by atoms with Crippen molar-refractivity contribution in [3.05, 3.63) is 29.8 Å². The van der Waals surface area contributed by atoms with Crippen LogP contribution in [0.2, 0.25) is 0 Å². The predicted molar refractivity (Wildman–Crippen MR) is 92.9 cm³/mol. The summed E-state index contributed by atoms with van der Waals surface area (Å²) in [6.07, 6.45) is 4.10. The number of rotatable bonds is 4. The average molecular weight is 288 g/mol. The first-order valence-corrected chi connectivity index (χ1v) is 8.48. The summed E-state index contributed by atoms with van der Waals surface area (Å²) >= 11 is 0. The van der Waals surface area contributed by atoms with Crippen molar-refractivity contribution in [3.8, 4) is 0 Å². The van der Waals surface area contributed by atoms with Gasteiger partial charge < -0.3 is 10.2 Å². The molecule has 0 radical (unpaired) electrons. The molecule has 1 heterocycles. The molecule has 1 aromatic carbocycles. The minimum absolute atomic E-state index is 0.468. The highest BCUT2D eigenvalue weighted by atomic mass is 15.1. The minimum Gasteiger partial charge on any atom is -0.384 e. The van der Waals surface area contributed by atoms with Crippen molar-refractivity contribution in [2.45, 2.75) is 47.0 Å². The Kier molecular flexibility index (Phi) is 5.69. The Morgan fingerprint density at radius 2 is 1.81 bits per heavy atom. The number of benzene rings is 1. The smallest absolute Gasteiger partial charge is 0.0340 e. The summed E-state index contributed by atoms with van der Waals surface area (Å²) in [6, 6.07) is 8.69. The van der Waals surface area contributed by atoms with Crippen LogP contribution in [0.1, 0.15) is 45.6 Å². The molecule has 0 aliphatic carbocycles. The summed E-state index contributed by atoms with van der Waals surface area (Å²) in [5.41, 5.74) is 3.03. The highest BCUT2D eigenvalue weighted by Gasteiger charge is 2.26. The molecule has 21 heavy (non-hydrogen) atoms. The number of nitrogens with zero attached hydrogens (tertiary/aromatic N) is 1. The molecule has 118 valence electrons. The molecule has 2 rings (SSSR count). The Morgan fingerprint density at radius 1 is 1.10 bits per heavy atom. The second-order valence-electron chi connectivity index (χ2n) is 7.63. The lowest BCUT2D eigenvalue weighted by Crippen LogP contribution is -2.30. The Labute approximate surface area is 130 Å². The van der Waals surface area contributed by atoms with E-state index in [1.807, 2.05) is 0 Å². The average Bonchev–Trinajstić information content (AvgIpc) is 2.66. The number of hydrogen-bond donors (Lipinski definition) is 1. The molecule has 2 nitrogen and oxygen atoms in total. The molecule has 1 saturated heterocycles. The van der Waals surface area contributed by atoms with E-state index in [1.165, 1.54) is 43.6 Å². The van der Waals surface area contributed by atoms with Gasteiger partial charge in [0.05, 0.1) is 0 Å². The largest absolute Gasteiger partial charge is 0.384 e. The van der Waals surface area contributed by atoms with Crippen molar-refractivity contribution in [1.82, 2.24) is 4.90 Å². The molecule has 2 heteroatoms. The summed E-state index contributed by atoms with van der Waals surface area (Å²) < 4.78 is 0. The number of anilines is 1. The van der Waals surface area contributed by atoms with Crippen LogP contribution in [0.5, 0.6) is 0 Å². The van der Waals surface area contributed by atoms with Gasteiger partial charge in [-0.1, -0.05) is 38.5 Å². The van der Waals surface area contributed by atoms with Gasteiger partial charge in [-0.3, -0.25) is 0 Å². The monoisotopic (exact) mass is 288 g/mol. The van der Waals surface area contributed by atoms with Crippen LogP contribution in [0.25, 0.3) is 0 Å². The van der Waals surface area contributed by atoms with Crippen LogP contribution in [-0.2, 0) is 0 Å². The van der Waals surface area contributed by atoms with E-state index in [0.717, 1.165) is 19.0 Å². The standard InChI is InChI=1S/C19H32N2/c1-16-7-9-18(10-8-16)20-12-15-21-13-5-6-17(11-14-21)19(2,3)4/h7-10,17,20H,5-6,11-15H2,1-4H3. The second kappa shape index (κ2) is 7.31. The fourth-order valence-corrected chi connectivity index (χ4v) is 3.28. The fourth-order valence-electron chi connectivity index (χ4n) is 3.28. The molecular weight excluding hydrogens is 256 g/mol. The Hall–Kier alpha value is -1.02. The van der Waals surface area contributed by atoms with E-state index in [4.69, 9.17) is 0 Å². The Bertz CT molecular complexity index is 416. The first kappa shape index (κ1) is 16.4. The molecule has 1 atom stereocenters. The van der Waals surface area contributed by atoms with Crippen molar-refractivity contribution in [2.75, 3.05) is 31.5 Å². The SMILES string of the molecule is Cc1ccc(NCCN2CCCC(C(C)(C)C)CC2)cc1. The van der Waals surface area contributed by atoms with E-state index in [9.17, 15) is 0 Å². The summed E-state index contributed by atoms with van der Waals surface area (Å²) in [6.45, 7) is 14.0. The summed E-state index contributed by atoms with van der Waals surface area (Å²) in [7, 11) is 0. The minimum atomic E-state index is 0.468. The molecule has 0 aromatic heterocycles. The molecule has 1 N–H and O–H groups in total. The highest BCUT2D eigenvalue weighted by molar-refractivity contribution is 5.44. The molecule has 0 bridgehead atoms. The predicted octanol–water partition coefficient (Wildman–Crippen LogP) is 4.56. The van der Waals surface area contributed by atoms with E-state index in [-0.39, 0.29) is 0 Å². The van der Waals surface area contributed by atoms with Crippen LogP contribution in [0, 0.1) is 18.3 Å². The van der Waals surface area contributed by atoms with Crippen molar-refractivity contribution in [2.24, 2.45) is 11.3 Å². The molecule has 0 amide bonds. The first-order valence-electron chi connectivity index (χ1n) is 8.48. The summed E-state index contributed by atoms with van der Waals surface area (Å²) in [4.78, 5) is 2.63. The maximum absolute atomic E-state index is 3.54. The van der Waals surface area contributed by atoms with Crippen LogP contribution in [-0.4, -0.2) is 31.1 Å². The van der Waals surface area contributed by atoms with Gasteiger partial charge in [0.25, 0.3) is 0 Å². The van der Waals surface area contributed by atoms with Gasteiger partial charge in [0.1, 0.15) is 0 Å². The number of aryl methyl sites for hydroxylation is 1. The third kappa shape index (κ3) is 5.35. The van der Waals surface area contributed by atoms with Gasteiger partial charge >= 0.3 is 0 Å². The Morgan fingerprint density at radius 3 is 2.48 bits per heavy atom. The lowest BCUT2D eigenvalue weighted by atomic mass is 9.77. The highest BCUT2D eigenvalue weighted by Crippen LogP contribution is 2.34. The van der Waals surface area contributed by atoms with Crippen molar-refractivity contribution in [3.63, 3.8) is 0 Å². The maximum Gasteiger partial charge on any atom is 0.0340 e. The van der Waals surface area contributed by atoms with E-state index in [2.05, 4.69) is 62.2 Å². The Balaban J connectivity index is 1.73. The summed E-state index contributed by atoms with van der Waals surface area (Å²) in [5, 5.41) is 3.54. The zero-order valence-electron chi connectivity index (χ0n) is 14.3. The third-order valence-electron chi connectivity index (χ3n) is 4.85. The van der Waals surface area contributed by atoms with Gasteiger partial charge in [-0.2, -0.15) is 0 Å². The normalized spacial score (nSPS) is 21.0. The second-order valence-corrected chi connectivity index (χ2v) is 7.63. The quantitative estimate of drug-likeness (QED) is 0.874. The molecule has 1 aliphatic heterocycles. The van der Waals surface area contributed by atoms with Crippen molar-refractivity contribution in [1.29, 1.82) is 0 Å². The fraction of sp³-hybridized carbons (Fsp3) is 0.684. The van der Waals surface area contributed by atoms with Gasteiger partial charge in [0.2, 0.25) is 0 Å². The van der Waals surface area contributed by atoms with Crippen LogP contribution >= 0.6 is 0 Å². The zero-order chi connectivity index (χ0) is 15.3. The molecule has 1 fully saturated rings. The number of likely N-dealkylation sites (tertiary alicyclic amines) is 1. The van der Waals surface area contributed by atoms with Crippen LogP contribution in [0.4, 0.5) is 5.69 Å². The van der Waals surface area contributed by atoms with Crippen LogP contribution in [0.15, 0.2) is 24.3 Å². The van der Waals surface area contributed by atoms with Gasteiger partial charge in [0, 0.05) is 18.8 Å². The molecule has 0 spiro atoms. The lowest BCUT2D eigenvalue weighted by molar-refractivity contribution is 0.209. The zero-order valence-corrected chi connectivity index (χ0v) is 14.3. The molecule has 1 unspecified atom stereocenters. The van der Waals surface area contributed by atoms with E-state index in [0.29, 0.717) is 5.41 Å². The van der Waals surface area contributed by atoms with Gasteiger partial charge in [-0.05, 0) is 62.7 Å². The number of hydrogen-bond acceptors (Lipinski definition) is 2. The van der Waals surface area contributed by atoms with Gasteiger partial charge in [0.15, 0.2) is 0 Å². The first-order chi connectivity index (χ1) is 9.95. The van der Waals surface area contributed by atoms with Crippen LogP contribution < -0.4 is 5.32 Å². The van der Waals surface area contributed by atoms with E-state index >= 15 is 0 Å². The summed E-state index contributed by atoms with van der Waals surface area (Å²) in [5.74, 6) is 0.882. The molecular formula is C19H32N2. The molecule has 0 saturated carbocycles. The third-order valence-corrected chi connectivity index (χ3v) is 4.85.